The first-order valence-electron chi connectivity index (χ1n) is 7.18. The number of nitrogens with zero attached hydrogens (tertiary/aromatic N) is 1. The van der Waals surface area contributed by atoms with Crippen LogP contribution in [0.5, 0.6) is 0 Å². The van der Waals surface area contributed by atoms with Crippen molar-refractivity contribution in [3.63, 3.8) is 0 Å². The lowest BCUT2D eigenvalue weighted by Gasteiger charge is -2.22. The molecule has 1 spiro atoms. The largest absolute Gasteiger partial charge is 0.325 e. The van der Waals surface area contributed by atoms with Crippen LogP contribution in [0, 0.1) is 5.82 Å². The molecule has 6 heteroatoms. The summed E-state index contributed by atoms with van der Waals surface area (Å²) in [6.45, 7) is -0.00660. The molecule has 0 bridgehead atoms. The van der Waals surface area contributed by atoms with Gasteiger partial charge in [-0.15, -0.1) is 0 Å². The summed E-state index contributed by atoms with van der Waals surface area (Å²) >= 11 is 0. The smallest absolute Gasteiger partial charge is 0.323 e. The number of imide groups is 1. The summed E-state index contributed by atoms with van der Waals surface area (Å²) in [5, 5.41) is 2.79. The van der Waals surface area contributed by atoms with E-state index in [1.165, 1.54) is 6.07 Å². The van der Waals surface area contributed by atoms with Crippen LogP contribution in [-0.2, 0) is 4.79 Å². The Morgan fingerprint density at radius 3 is 2.62 bits per heavy atom. The lowest BCUT2D eigenvalue weighted by atomic mass is 9.97. The van der Waals surface area contributed by atoms with Gasteiger partial charge in [-0.2, -0.15) is 0 Å². The van der Waals surface area contributed by atoms with Crippen LogP contribution in [0.15, 0.2) is 24.3 Å². The van der Waals surface area contributed by atoms with E-state index in [-0.39, 0.29) is 12.5 Å². The minimum Gasteiger partial charge on any atom is -0.323 e. The van der Waals surface area contributed by atoms with E-state index in [0.29, 0.717) is 18.4 Å². The van der Waals surface area contributed by atoms with Gasteiger partial charge in [0, 0.05) is 12.1 Å². The maximum absolute atomic E-state index is 13.7. The molecule has 2 aliphatic rings. The molecule has 1 saturated carbocycles. The Bertz CT molecular complexity index is 584. The lowest BCUT2D eigenvalue weighted by Crippen LogP contribution is -2.44. The maximum Gasteiger partial charge on any atom is 0.325 e. The van der Waals surface area contributed by atoms with E-state index in [0.717, 1.165) is 17.7 Å². The number of rotatable bonds is 3. The summed E-state index contributed by atoms with van der Waals surface area (Å²) in [5.41, 5.74) is 5.54. The predicted molar refractivity (Wildman–Crippen MR) is 74.8 cm³/mol. The molecule has 1 unspecified atom stereocenters. The zero-order valence-corrected chi connectivity index (χ0v) is 11.6. The SMILES string of the molecule is NC(CN1C(=O)NC2(CCCC2)C1=O)c1ccccc1F. The number of nitrogens with one attached hydrogen (secondary N) is 1. The van der Waals surface area contributed by atoms with Crippen LogP contribution in [0.3, 0.4) is 0 Å². The Labute approximate surface area is 122 Å². The van der Waals surface area contributed by atoms with E-state index < -0.39 is 23.4 Å². The summed E-state index contributed by atoms with van der Waals surface area (Å²) in [7, 11) is 0. The molecule has 3 amide bonds. The van der Waals surface area contributed by atoms with Crippen LogP contribution in [-0.4, -0.2) is 28.9 Å². The van der Waals surface area contributed by atoms with Gasteiger partial charge in [-0.05, 0) is 18.9 Å². The minimum absolute atomic E-state index is 0.00660. The van der Waals surface area contributed by atoms with Crippen molar-refractivity contribution in [3.05, 3.63) is 35.6 Å². The fourth-order valence-corrected chi connectivity index (χ4v) is 3.23. The molecular formula is C15H18FN3O2. The molecule has 1 aliphatic heterocycles. The van der Waals surface area contributed by atoms with Crippen LogP contribution in [0.25, 0.3) is 0 Å². The molecule has 3 N–H and O–H groups in total. The number of halogens is 1. The molecule has 21 heavy (non-hydrogen) atoms. The quantitative estimate of drug-likeness (QED) is 0.832. The van der Waals surface area contributed by atoms with Gasteiger partial charge in [0.2, 0.25) is 0 Å². The maximum atomic E-state index is 13.7. The van der Waals surface area contributed by atoms with Crippen molar-refractivity contribution >= 4 is 11.9 Å². The van der Waals surface area contributed by atoms with Crippen molar-refractivity contribution in [2.75, 3.05) is 6.54 Å². The number of nitrogens with two attached hydrogens (primary N) is 1. The molecule has 0 aromatic heterocycles. The molecule has 1 heterocycles. The fourth-order valence-electron chi connectivity index (χ4n) is 3.23. The highest BCUT2D eigenvalue weighted by atomic mass is 19.1. The standard InChI is InChI=1S/C15H18FN3O2/c16-11-6-2-1-5-10(11)12(17)9-19-13(20)15(18-14(19)21)7-3-4-8-15/h1-2,5-6,12H,3-4,7-9,17H2,(H,18,21). The van der Waals surface area contributed by atoms with Crippen molar-refractivity contribution < 1.29 is 14.0 Å². The average Bonchev–Trinajstić information content (AvgIpc) is 3.01. The van der Waals surface area contributed by atoms with E-state index in [9.17, 15) is 14.0 Å². The number of amides is 3. The number of carbonyl (C=O) groups excluding carboxylic acids is 2. The topological polar surface area (TPSA) is 75.4 Å². The summed E-state index contributed by atoms with van der Waals surface area (Å²) < 4.78 is 13.7. The second-order valence-corrected chi connectivity index (χ2v) is 5.76. The van der Waals surface area contributed by atoms with E-state index in [1.807, 2.05) is 0 Å². The van der Waals surface area contributed by atoms with Crippen molar-refractivity contribution in [2.45, 2.75) is 37.3 Å². The van der Waals surface area contributed by atoms with Crippen LogP contribution in [0.2, 0.25) is 0 Å². The van der Waals surface area contributed by atoms with Gasteiger partial charge in [-0.3, -0.25) is 9.69 Å². The summed E-state index contributed by atoms with van der Waals surface area (Å²) in [4.78, 5) is 25.7. The predicted octanol–water partition coefficient (Wildman–Crippen LogP) is 1.69. The Balaban J connectivity index is 1.77. The minimum atomic E-state index is -0.744. The van der Waals surface area contributed by atoms with Crippen molar-refractivity contribution in [3.8, 4) is 0 Å². The van der Waals surface area contributed by atoms with E-state index in [1.54, 1.807) is 18.2 Å². The molecule has 112 valence electrons. The van der Waals surface area contributed by atoms with Crippen molar-refractivity contribution in [1.82, 2.24) is 10.2 Å². The third-order valence-electron chi connectivity index (χ3n) is 4.39. The summed E-state index contributed by atoms with van der Waals surface area (Å²) in [6.07, 6.45) is 3.20. The fraction of sp³-hybridized carbons (Fsp3) is 0.467. The summed E-state index contributed by atoms with van der Waals surface area (Å²) in [6, 6.07) is 5.00. The normalized spacial score (nSPS) is 21.9. The molecular weight excluding hydrogens is 273 g/mol. The zero-order chi connectivity index (χ0) is 15.0. The van der Waals surface area contributed by atoms with Gasteiger partial charge in [0.15, 0.2) is 0 Å². The Morgan fingerprint density at radius 1 is 1.29 bits per heavy atom. The first kappa shape index (κ1) is 14.0. The van der Waals surface area contributed by atoms with E-state index in [2.05, 4.69) is 5.32 Å². The molecule has 2 fully saturated rings. The molecule has 5 nitrogen and oxygen atoms in total. The second kappa shape index (κ2) is 5.11. The van der Waals surface area contributed by atoms with Gasteiger partial charge >= 0.3 is 6.03 Å². The van der Waals surface area contributed by atoms with Gasteiger partial charge in [0.05, 0.1) is 6.04 Å². The molecule has 1 atom stereocenters. The zero-order valence-electron chi connectivity index (χ0n) is 11.6. The monoisotopic (exact) mass is 291 g/mol. The van der Waals surface area contributed by atoms with Gasteiger partial charge < -0.3 is 11.1 Å². The molecule has 3 rings (SSSR count). The third kappa shape index (κ3) is 2.29. The highest BCUT2D eigenvalue weighted by molar-refractivity contribution is 6.07. The highest BCUT2D eigenvalue weighted by Gasteiger charge is 2.52. The summed E-state index contributed by atoms with van der Waals surface area (Å²) in [5.74, 6) is -0.649. The Hall–Kier alpha value is -1.95. The highest BCUT2D eigenvalue weighted by Crippen LogP contribution is 2.35. The average molecular weight is 291 g/mol. The van der Waals surface area contributed by atoms with Crippen LogP contribution in [0.1, 0.15) is 37.3 Å². The number of hydrogen-bond acceptors (Lipinski definition) is 3. The van der Waals surface area contributed by atoms with E-state index >= 15 is 0 Å². The third-order valence-corrected chi connectivity index (χ3v) is 4.39. The number of hydrogen-bond donors (Lipinski definition) is 2. The lowest BCUT2D eigenvalue weighted by molar-refractivity contribution is -0.131. The van der Waals surface area contributed by atoms with Crippen LogP contribution < -0.4 is 11.1 Å². The Kier molecular flexibility index (Phi) is 3.41. The first-order chi connectivity index (χ1) is 10.0. The second-order valence-electron chi connectivity index (χ2n) is 5.76. The number of carbonyl (C=O) groups is 2. The molecule has 1 aromatic carbocycles. The van der Waals surface area contributed by atoms with Gasteiger partial charge in [-0.1, -0.05) is 31.0 Å². The van der Waals surface area contributed by atoms with Gasteiger partial charge in [0.1, 0.15) is 11.4 Å². The van der Waals surface area contributed by atoms with Gasteiger partial charge in [-0.25, -0.2) is 9.18 Å². The molecule has 1 aromatic rings. The number of urea groups is 1. The van der Waals surface area contributed by atoms with Gasteiger partial charge in [0.25, 0.3) is 5.91 Å². The number of benzene rings is 1. The van der Waals surface area contributed by atoms with Crippen LogP contribution >= 0.6 is 0 Å². The van der Waals surface area contributed by atoms with Crippen molar-refractivity contribution in [2.24, 2.45) is 5.73 Å². The molecule has 1 aliphatic carbocycles. The molecule has 0 radical (unpaired) electrons. The van der Waals surface area contributed by atoms with Crippen LogP contribution in [0.4, 0.5) is 9.18 Å². The Morgan fingerprint density at radius 2 is 1.95 bits per heavy atom. The van der Waals surface area contributed by atoms with Crippen molar-refractivity contribution in [1.29, 1.82) is 0 Å². The molecule has 1 saturated heterocycles. The first-order valence-corrected chi connectivity index (χ1v) is 7.18. The van der Waals surface area contributed by atoms with E-state index in [4.69, 9.17) is 5.73 Å².